The minimum Gasteiger partial charge on any atom is -0.379 e. The minimum atomic E-state index is -2.42. The van der Waals surface area contributed by atoms with Crippen molar-refractivity contribution >= 4 is 39.0 Å². The molecule has 0 saturated carbocycles. The summed E-state index contributed by atoms with van der Waals surface area (Å²) in [7, 11) is 2.35. The Morgan fingerprint density at radius 3 is 2.07 bits per heavy atom. The summed E-state index contributed by atoms with van der Waals surface area (Å²) in [6, 6.07) is 0.723. The van der Waals surface area contributed by atoms with Gasteiger partial charge < -0.3 is 19.0 Å². The van der Waals surface area contributed by atoms with Crippen LogP contribution in [0.25, 0.3) is 0 Å². The Balaban J connectivity index is 0. The molecule has 0 aromatic carbocycles. The highest BCUT2D eigenvalue weighted by Crippen LogP contribution is 2.14. The van der Waals surface area contributed by atoms with Crippen LogP contribution in [0.3, 0.4) is 0 Å². The van der Waals surface area contributed by atoms with Gasteiger partial charge in [-0.25, -0.2) is 0 Å². The predicted octanol–water partition coefficient (Wildman–Crippen LogP) is 0.921. The molecular weight excluding hydrogens is 256 g/mol. The second-order valence-corrected chi connectivity index (χ2v) is 6.19. The van der Waals surface area contributed by atoms with Gasteiger partial charge in [-0.15, -0.1) is 25.0 Å². The fraction of sp³-hybridized carbons (Fsp3) is 0.857. The molecule has 0 aromatic heterocycles. The monoisotopic (exact) mass is 274 g/mol. The Hall–Kier alpha value is 0.207. The summed E-state index contributed by atoms with van der Waals surface area (Å²) in [4.78, 5) is 3.94. The first-order valence-electron chi connectivity index (χ1n) is 4.24. The van der Waals surface area contributed by atoms with Crippen molar-refractivity contribution < 1.29 is 13.3 Å². The molecule has 92 valence electrons. The molecule has 0 aromatic rings. The Kier molecular flexibility index (Phi) is 11.1. The molecular formula is C7H19ClN2O3SSi. The normalized spacial score (nSPS) is 12.4. The van der Waals surface area contributed by atoms with E-state index in [-0.39, 0.29) is 12.4 Å². The molecule has 0 aliphatic heterocycles. The highest BCUT2D eigenvalue weighted by atomic mass is 35.5. The first-order chi connectivity index (χ1) is 6.60. The Morgan fingerprint density at radius 2 is 1.73 bits per heavy atom. The van der Waals surface area contributed by atoms with Gasteiger partial charge in [-0.05, 0) is 6.42 Å². The van der Waals surface area contributed by atoms with E-state index in [1.807, 2.05) is 0 Å². The lowest BCUT2D eigenvalue weighted by Crippen LogP contribution is -2.42. The Bertz CT molecular complexity index is 181. The number of hydrogen-bond donors (Lipinski definition) is 2. The van der Waals surface area contributed by atoms with Gasteiger partial charge in [0.25, 0.3) is 0 Å². The maximum Gasteiger partial charge on any atom is 0.500 e. The van der Waals surface area contributed by atoms with E-state index in [4.69, 9.17) is 19.0 Å². The molecule has 0 radical (unpaired) electrons. The molecule has 0 unspecified atom stereocenters. The lowest BCUT2D eigenvalue weighted by molar-refractivity contribution is 0.123. The first-order valence-corrected chi connectivity index (χ1v) is 6.62. The third-order valence-corrected chi connectivity index (χ3v) is 4.82. The minimum absolute atomic E-state index is 0. The summed E-state index contributed by atoms with van der Waals surface area (Å²) < 4.78 is 15.7. The molecule has 0 aliphatic rings. The number of rotatable bonds is 7. The van der Waals surface area contributed by atoms with Crippen LogP contribution in [-0.2, 0) is 13.3 Å². The smallest absolute Gasteiger partial charge is 0.379 e. The SMILES string of the molecule is CO[Si](CCCN=C(N)S)(OC)OC.Cl. The summed E-state index contributed by atoms with van der Waals surface area (Å²) in [6.45, 7) is 0.611. The van der Waals surface area contributed by atoms with Crippen LogP contribution in [0.1, 0.15) is 6.42 Å². The second-order valence-electron chi connectivity index (χ2n) is 2.64. The van der Waals surface area contributed by atoms with Crippen molar-refractivity contribution in [2.24, 2.45) is 10.7 Å². The van der Waals surface area contributed by atoms with Crippen molar-refractivity contribution in [3.8, 4) is 0 Å². The molecule has 0 atom stereocenters. The van der Waals surface area contributed by atoms with Gasteiger partial charge in [0.05, 0.1) is 0 Å². The highest BCUT2D eigenvalue weighted by Gasteiger charge is 2.36. The van der Waals surface area contributed by atoms with E-state index in [0.717, 1.165) is 12.5 Å². The van der Waals surface area contributed by atoms with Crippen LogP contribution >= 0.6 is 25.0 Å². The number of thiol groups is 1. The van der Waals surface area contributed by atoms with Gasteiger partial charge >= 0.3 is 8.80 Å². The Labute approximate surface area is 104 Å². The summed E-state index contributed by atoms with van der Waals surface area (Å²) in [5.41, 5.74) is 5.27. The maximum absolute atomic E-state index is 5.27. The molecule has 0 amide bonds. The zero-order valence-corrected chi connectivity index (χ0v) is 11.9. The molecule has 2 N–H and O–H groups in total. The van der Waals surface area contributed by atoms with E-state index in [9.17, 15) is 0 Å². The van der Waals surface area contributed by atoms with Crippen molar-refractivity contribution in [2.45, 2.75) is 12.5 Å². The number of amidine groups is 1. The van der Waals surface area contributed by atoms with Crippen molar-refractivity contribution in [3.05, 3.63) is 0 Å². The number of halogens is 1. The molecule has 15 heavy (non-hydrogen) atoms. The summed E-state index contributed by atoms with van der Waals surface area (Å²) in [5, 5.41) is 0.296. The van der Waals surface area contributed by atoms with Crippen LogP contribution in [0.15, 0.2) is 4.99 Å². The molecule has 8 heteroatoms. The maximum atomic E-state index is 5.27. The standard InChI is InChI=1S/C7H18N2O3SSi.ClH/c1-10-14(11-2,12-3)6-4-5-9-7(8)13;/h4-6H2,1-3H3,(H3,8,9,13);1H. The van der Waals surface area contributed by atoms with Gasteiger partial charge in [0.1, 0.15) is 0 Å². The number of nitrogens with two attached hydrogens (primary N) is 1. The molecule has 5 nitrogen and oxygen atoms in total. The lowest BCUT2D eigenvalue weighted by Gasteiger charge is -2.23. The van der Waals surface area contributed by atoms with Gasteiger partial charge in [0.2, 0.25) is 0 Å². The third-order valence-electron chi connectivity index (χ3n) is 1.85. The summed E-state index contributed by atoms with van der Waals surface area (Å²) in [6.07, 6.45) is 0.809. The molecule has 0 aliphatic carbocycles. The lowest BCUT2D eigenvalue weighted by atomic mass is 10.5. The average molecular weight is 275 g/mol. The van der Waals surface area contributed by atoms with Gasteiger partial charge in [0, 0.05) is 33.9 Å². The van der Waals surface area contributed by atoms with E-state index in [1.54, 1.807) is 21.3 Å². The number of nitrogens with zero attached hydrogens (tertiary/aromatic N) is 1. The molecule has 0 rings (SSSR count). The van der Waals surface area contributed by atoms with Crippen molar-refractivity contribution in [3.63, 3.8) is 0 Å². The van der Waals surface area contributed by atoms with Crippen LogP contribution < -0.4 is 5.73 Å². The summed E-state index contributed by atoms with van der Waals surface area (Å²) >= 11 is 3.86. The van der Waals surface area contributed by atoms with Crippen molar-refractivity contribution in [2.75, 3.05) is 27.9 Å². The highest BCUT2D eigenvalue weighted by molar-refractivity contribution is 7.96. The third kappa shape index (κ3) is 7.15. The molecule has 0 saturated heterocycles. The van der Waals surface area contributed by atoms with Crippen LogP contribution in [0.4, 0.5) is 0 Å². The molecule has 0 heterocycles. The van der Waals surface area contributed by atoms with Gasteiger partial charge in [0.15, 0.2) is 5.17 Å². The topological polar surface area (TPSA) is 66.1 Å². The van der Waals surface area contributed by atoms with Crippen LogP contribution in [0.5, 0.6) is 0 Å². The number of hydrogen-bond acceptors (Lipinski definition) is 4. The molecule has 0 spiro atoms. The fourth-order valence-corrected chi connectivity index (χ4v) is 2.85. The largest absolute Gasteiger partial charge is 0.500 e. The van der Waals surface area contributed by atoms with Crippen LogP contribution in [0.2, 0.25) is 6.04 Å². The van der Waals surface area contributed by atoms with Crippen LogP contribution in [0, 0.1) is 0 Å². The van der Waals surface area contributed by atoms with E-state index in [0.29, 0.717) is 11.7 Å². The van der Waals surface area contributed by atoms with Crippen molar-refractivity contribution in [1.29, 1.82) is 0 Å². The predicted molar refractivity (Wildman–Crippen MR) is 68.9 cm³/mol. The van der Waals surface area contributed by atoms with E-state index in [1.165, 1.54) is 0 Å². The number of aliphatic imine (C=N–C) groups is 1. The van der Waals surface area contributed by atoms with Gasteiger partial charge in [-0.3, -0.25) is 4.99 Å². The zero-order valence-electron chi connectivity index (χ0n) is 9.23. The first kappa shape index (κ1) is 17.6. The molecule has 0 fully saturated rings. The Morgan fingerprint density at radius 1 is 1.27 bits per heavy atom. The average Bonchev–Trinajstić information content (AvgIpc) is 2.19. The summed E-state index contributed by atoms with van der Waals surface area (Å²) in [5.74, 6) is 0. The van der Waals surface area contributed by atoms with E-state index in [2.05, 4.69) is 17.6 Å². The molecule has 0 bridgehead atoms. The van der Waals surface area contributed by atoms with E-state index >= 15 is 0 Å². The van der Waals surface area contributed by atoms with Gasteiger partial charge in [-0.1, -0.05) is 0 Å². The van der Waals surface area contributed by atoms with E-state index < -0.39 is 8.80 Å². The van der Waals surface area contributed by atoms with Gasteiger partial charge in [-0.2, -0.15) is 0 Å². The quantitative estimate of drug-likeness (QED) is 0.238. The van der Waals surface area contributed by atoms with Crippen LogP contribution in [-0.4, -0.2) is 41.8 Å². The van der Waals surface area contributed by atoms with Crippen molar-refractivity contribution in [1.82, 2.24) is 0 Å². The second kappa shape index (κ2) is 9.43. The fourth-order valence-electron chi connectivity index (χ4n) is 1.05. The zero-order chi connectivity index (χ0) is 11.0.